The second-order valence-electron chi connectivity index (χ2n) is 4.64. The Morgan fingerprint density at radius 1 is 1.28 bits per heavy atom. The molecule has 1 atom stereocenters. The van der Waals surface area contributed by atoms with E-state index in [-0.39, 0.29) is 0 Å². The number of amidine groups is 1. The van der Waals surface area contributed by atoms with Crippen LogP contribution in [-0.2, 0) is 0 Å². The first-order valence-electron chi connectivity index (χ1n) is 6.43. The van der Waals surface area contributed by atoms with Crippen molar-refractivity contribution >= 4 is 21.8 Å². The Labute approximate surface area is 118 Å². The van der Waals surface area contributed by atoms with Crippen molar-refractivity contribution in [3.05, 3.63) is 34.3 Å². The molecule has 0 bridgehead atoms. The van der Waals surface area contributed by atoms with Gasteiger partial charge in [0.25, 0.3) is 0 Å². The van der Waals surface area contributed by atoms with E-state index in [0.29, 0.717) is 11.9 Å². The summed E-state index contributed by atoms with van der Waals surface area (Å²) < 4.78 is 1.04. The Morgan fingerprint density at radius 3 is 2.56 bits per heavy atom. The third-order valence-corrected chi connectivity index (χ3v) is 3.30. The molecule has 0 saturated heterocycles. The maximum Gasteiger partial charge on any atom is 0.125 e. The number of benzene rings is 1. The fourth-order valence-corrected chi connectivity index (χ4v) is 1.96. The fraction of sp³-hybridized carbons (Fsp3) is 0.500. The van der Waals surface area contributed by atoms with Crippen molar-refractivity contribution < 1.29 is 0 Å². The smallest absolute Gasteiger partial charge is 0.125 e. The molecule has 0 aliphatic carbocycles. The van der Waals surface area contributed by atoms with E-state index in [2.05, 4.69) is 21.2 Å². The molecule has 3 nitrogen and oxygen atoms in total. The van der Waals surface area contributed by atoms with Crippen LogP contribution in [0, 0.1) is 5.41 Å². The van der Waals surface area contributed by atoms with Gasteiger partial charge in [0.15, 0.2) is 0 Å². The topological polar surface area (TPSA) is 61.9 Å². The number of nitrogens with two attached hydrogens (primary N) is 1. The minimum atomic E-state index is 0.305. The van der Waals surface area contributed by atoms with Gasteiger partial charge in [-0.05, 0) is 31.9 Å². The average Bonchev–Trinajstić information content (AvgIpc) is 2.34. The van der Waals surface area contributed by atoms with E-state index in [4.69, 9.17) is 11.1 Å². The molecule has 0 fully saturated rings. The summed E-state index contributed by atoms with van der Waals surface area (Å²) in [4.78, 5) is 0. The number of nitrogens with one attached hydrogen (secondary N) is 2. The highest BCUT2D eigenvalue weighted by Crippen LogP contribution is 2.10. The monoisotopic (exact) mass is 311 g/mol. The zero-order valence-electron chi connectivity index (χ0n) is 10.9. The highest BCUT2D eigenvalue weighted by atomic mass is 79.9. The van der Waals surface area contributed by atoms with Crippen LogP contribution < -0.4 is 11.1 Å². The maximum absolute atomic E-state index is 7.90. The molecule has 0 spiro atoms. The Morgan fingerprint density at radius 2 is 1.94 bits per heavy atom. The lowest BCUT2D eigenvalue weighted by molar-refractivity contribution is 0.576. The zero-order valence-corrected chi connectivity index (χ0v) is 12.5. The van der Waals surface area contributed by atoms with Gasteiger partial charge in [0.2, 0.25) is 0 Å². The minimum Gasteiger partial charge on any atom is -0.370 e. The van der Waals surface area contributed by atoms with Gasteiger partial charge in [-0.3, -0.25) is 5.41 Å². The molecule has 0 saturated carbocycles. The third kappa shape index (κ3) is 6.17. The molecule has 1 unspecified atom stereocenters. The van der Waals surface area contributed by atoms with Gasteiger partial charge in [0.05, 0.1) is 0 Å². The Bertz CT molecular complexity index is 360. The number of rotatable bonds is 7. The van der Waals surface area contributed by atoms with E-state index >= 15 is 0 Å². The van der Waals surface area contributed by atoms with Gasteiger partial charge >= 0.3 is 0 Å². The second-order valence-corrected chi connectivity index (χ2v) is 5.55. The summed E-state index contributed by atoms with van der Waals surface area (Å²) in [6.07, 6.45) is 4.52. The molecule has 1 aromatic rings. The molecular weight excluding hydrogens is 290 g/mol. The van der Waals surface area contributed by atoms with Crippen molar-refractivity contribution in [2.75, 3.05) is 6.54 Å². The number of halogens is 1. The van der Waals surface area contributed by atoms with E-state index in [9.17, 15) is 0 Å². The molecule has 100 valence electrons. The van der Waals surface area contributed by atoms with Gasteiger partial charge in [0, 0.05) is 22.6 Å². The molecule has 1 aromatic carbocycles. The lowest BCUT2D eigenvalue weighted by atomic mass is 10.1. The van der Waals surface area contributed by atoms with Gasteiger partial charge < -0.3 is 11.1 Å². The average molecular weight is 312 g/mol. The highest BCUT2D eigenvalue weighted by Gasteiger charge is 2.00. The van der Waals surface area contributed by atoms with Crippen molar-refractivity contribution in [3.63, 3.8) is 0 Å². The fourth-order valence-electron chi connectivity index (χ4n) is 1.70. The summed E-state index contributed by atoms with van der Waals surface area (Å²) in [7, 11) is 0. The van der Waals surface area contributed by atoms with Gasteiger partial charge in [-0.15, -0.1) is 0 Å². The Kier molecular flexibility index (Phi) is 6.98. The van der Waals surface area contributed by atoms with E-state index in [1.807, 2.05) is 31.2 Å². The molecule has 18 heavy (non-hydrogen) atoms. The molecule has 4 heteroatoms. The number of hydrogen-bond donors (Lipinski definition) is 3. The first kappa shape index (κ1) is 15.2. The van der Waals surface area contributed by atoms with E-state index < -0.39 is 0 Å². The first-order chi connectivity index (χ1) is 8.59. The maximum atomic E-state index is 7.90. The van der Waals surface area contributed by atoms with E-state index in [0.717, 1.165) is 29.4 Å². The Balaban J connectivity index is 2.16. The van der Waals surface area contributed by atoms with Crippen LogP contribution in [0.25, 0.3) is 0 Å². The summed E-state index contributed by atoms with van der Waals surface area (Å²) in [6.45, 7) is 2.90. The largest absolute Gasteiger partial charge is 0.370 e. The van der Waals surface area contributed by atoms with Gasteiger partial charge in [-0.1, -0.05) is 40.9 Å². The van der Waals surface area contributed by atoms with Crippen molar-refractivity contribution in [1.82, 2.24) is 5.32 Å². The van der Waals surface area contributed by atoms with Crippen molar-refractivity contribution in [2.24, 2.45) is 5.73 Å². The standard InChI is InChI=1S/C14H22BrN3/c1-11(16)5-3-2-4-10-18-14(17)12-6-8-13(15)9-7-12/h6-9,11H,2-5,10,16H2,1H3,(H2,17,18). The van der Waals surface area contributed by atoms with Gasteiger partial charge in [-0.2, -0.15) is 0 Å². The predicted octanol–water partition coefficient (Wildman–Crippen LogP) is 3.27. The van der Waals surface area contributed by atoms with Crippen molar-refractivity contribution in [1.29, 1.82) is 5.41 Å². The van der Waals surface area contributed by atoms with Crippen LogP contribution in [0.4, 0.5) is 0 Å². The highest BCUT2D eigenvalue weighted by molar-refractivity contribution is 9.10. The van der Waals surface area contributed by atoms with Crippen LogP contribution in [0.15, 0.2) is 28.7 Å². The summed E-state index contributed by atoms with van der Waals surface area (Å²) >= 11 is 3.39. The van der Waals surface area contributed by atoms with Crippen LogP contribution >= 0.6 is 15.9 Å². The lowest BCUT2D eigenvalue weighted by Gasteiger charge is -2.08. The lowest BCUT2D eigenvalue weighted by Crippen LogP contribution is -2.24. The van der Waals surface area contributed by atoms with Gasteiger partial charge in [0.1, 0.15) is 5.84 Å². The zero-order chi connectivity index (χ0) is 13.4. The molecule has 0 aliphatic heterocycles. The first-order valence-corrected chi connectivity index (χ1v) is 7.23. The normalized spacial score (nSPS) is 12.2. The molecule has 0 heterocycles. The molecule has 1 rings (SSSR count). The molecule has 0 radical (unpaired) electrons. The molecular formula is C14H22BrN3. The summed E-state index contributed by atoms with van der Waals surface area (Å²) in [5, 5.41) is 11.0. The van der Waals surface area contributed by atoms with Crippen LogP contribution in [0.5, 0.6) is 0 Å². The van der Waals surface area contributed by atoms with E-state index in [1.54, 1.807) is 0 Å². The minimum absolute atomic E-state index is 0.305. The van der Waals surface area contributed by atoms with Gasteiger partial charge in [-0.25, -0.2) is 0 Å². The predicted molar refractivity (Wildman–Crippen MR) is 81.1 cm³/mol. The van der Waals surface area contributed by atoms with Crippen LogP contribution in [0.3, 0.4) is 0 Å². The van der Waals surface area contributed by atoms with Crippen molar-refractivity contribution in [3.8, 4) is 0 Å². The quantitative estimate of drug-likeness (QED) is 0.411. The second kappa shape index (κ2) is 8.27. The summed E-state index contributed by atoms with van der Waals surface area (Å²) in [6, 6.07) is 8.09. The summed E-state index contributed by atoms with van der Waals surface area (Å²) in [5.41, 5.74) is 6.61. The SMILES string of the molecule is CC(N)CCCCCNC(=N)c1ccc(Br)cc1. The molecule has 0 aromatic heterocycles. The summed E-state index contributed by atoms with van der Waals surface area (Å²) in [5.74, 6) is 0.495. The van der Waals surface area contributed by atoms with Crippen LogP contribution in [-0.4, -0.2) is 18.4 Å². The molecule has 0 amide bonds. The van der Waals surface area contributed by atoms with Crippen LogP contribution in [0.1, 0.15) is 38.2 Å². The van der Waals surface area contributed by atoms with E-state index in [1.165, 1.54) is 12.8 Å². The number of hydrogen-bond acceptors (Lipinski definition) is 2. The number of unbranched alkanes of at least 4 members (excludes halogenated alkanes) is 2. The Hall–Kier alpha value is -0.870. The molecule has 4 N–H and O–H groups in total. The van der Waals surface area contributed by atoms with Crippen molar-refractivity contribution in [2.45, 2.75) is 38.6 Å². The third-order valence-electron chi connectivity index (χ3n) is 2.77. The molecule has 0 aliphatic rings. The van der Waals surface area contributed by atoms with Crippen LogP contribution in [0.2, 0.25) is 0 Å².